The lowest BCUT2D eigenvalue weighted by atomic mass is 9.86. The molecule has 1 atom stereocenters. The summed E-state index contributed by atoms with van der Waals surface area (Å²) in [5.41, 5.74) is -1.62. The number of likely N-dealkylation sites (tertiary alicyclic amines) is 1. The molecule has 0 saturated carbocycles. The quantitative estimate of drug-likeness (QED) is 0.617. The number of ether oxygens (including phenoxy) is 2. The molecule has 1 unspecified atom stereocenters. The van der Waals surface area contributed by atoms with E-state index in [4.69, 9.17) is 9.47 Å². The van der Waals surface area contributed by atoms with Gasteiger partial charge >= 0.3 is 12.1 Å². The Hall–Kier alpha value is -1.26. The molecule has 0 aromatic rings. The number of carbonyl (C=O) groups excluding carboxylic acids is 2. The van der Waals surface area contributed by atoms with E-state index in [9.17, 15) is 9.59 Å². The zero-order valence-electron chi connectivity index (χ0n) is 17.4. The molecule has 0 radical (unpaired) electrons. The summed E-state index contributed by atoms with van der Waals surface area (Å²) in [7, 11) is 0. The normalized spacial score (nSPS) is 21.6. The maximum atomic E-state index is 12.6. The SMILES string of the molecule is CCCC(C)(C)OC(=O)N1CCC(OC(=O)C(C)(C)CC)(C(C)C)C1. The van der Waals surface area contributed by atoms with Crippen LogP contribution in [0.5, 0.6) is 0 Å². The van der Waals surface area contributed by atoms with Crippen molar-refractivity contribution >= 4 is 12.1 Å². The molecule has 5 heteroatoms. The number of nitrogens with zero attached hydrogens (tertiary/aromatic N) is 1. The van der Waals surface area contributed by atoms with Crippen LogP contribution in [0.2, 0.25) is 0 Å². The predicted molar refractivity (Wildman–Crippen MR) is 99.4 cm³/mol. The van der Waals surface area contributed by atoms with Crippen molar-refractivity contribution in [3.63, 3.8) is 0 Å². The Morgan fingerprint density at radius 3 is 2.24 bits per heavy atom. The van der Waals surface area contributed by atoms with Gasteiger partial charge in [-0.15, -0.1) is 0 Å². The van der Waals surface area contributed by atoms with Gasteiger partial charge < -0.3 is 14.4 Å². The molecule has 1 aliphatic heterocycles. The number of hydrogen-bond acceptors (Lipinski definition) is 4. The van der Waals surface area contributed by atoms with E-state index in [0.29, 0.717) is 19.5 Å². The van der Waals surface area contributed by atoms with Crippen LogP contribution in [0, 0.1) is 11.3 Å². The highest BCUT2D eigenvalue weighted by Crippen LogP contribution is 2.36. The van der Waals surface area contributed by atoms with Crippen LogP contribution in [0.4, 0.5) is 4.79 Å². The molecule has 5 nitrogen and oxygen atoms in total. The zero-order valence-corrected chi connectivity index (χ0v) is 17.4. The molecule has 0 spiro atoms. The van der Waals surface area contributed by atoms with Gasteiger partial charge in [-0.05, 0) is 46.5 Å². The molecule has 1 saturated heterocycles. The maximum absolute atomic E-state index is 12.6. The van der Waals surface area contributed by atoms with E-state index in [0.717, 1.165) is 19.3 Å². The maximum Gasteiger partial charge on any atom is 0.410 e. The highest BCUT2D eigenvalue weighted by Gasteiger charge is 2.48. The van der Waals surface area contributed by atoms with Gasteiger partial charge in [0.15, 0.2) is 0 Å². The van der Waals surface area contributed by atoms with Crippen molar-refractivity contribution in [3.8, 4) is 0 Å². The van der Waals surface area contributed by atoms with Crippen LogP contribution in [-0.2, 0) is 14.3 Å². The first-order chi connectivity index (χ1) is 11.4. The van der Waals surface area contributed by atoms with Crippen LogP contribution < -0.4 is 0 Å². The number of carbonyl (C=O) groups is 2. The Balaban J connectivity index is 2.83. The Morgan fingerprint density at radius 2 is 1.76 bits per heavy atom. The fourth-order valence-electron chi connectivity index (χ4n) is 3.05. The van der Waals surface area contributed by atoms with Crippen LogP contribution in [0.15, 0.2) is 0 Å². The van der Waals surface area contributed by atoms with E-state index < -0.39 is 16.6 Å². The van der Waals surface area contributed by atoms with Crippen LogP contribution in [0.25, 0.3) is 0 Å². The van der Waals surface area contributed by atoms with E-state index in [2.05, 4.69) is 6.92 Å². The first-order valence-electron chi connectivity index (χ1n) is 9.60. The molecule has 0 aromatic carbocycles. The van der Waals surface area contributed by atoms with E-state index >= 15 is 0 Å². The highest BCUT2D eigenvalue weighted by atomic mass is 16.6. The molecule has 0 aromatic heterocycles. The monoisotopic (exact) mass is 355 g/mol. The Bertz CT molecular complexity index is 484. The third-order valence-corrected chi connectivity index (χ3v) is 5.52. The molecule has 0 N–H and O–H groups in total. The molecule has 1 heterocycles. The average molecular weight is 356 g/mol. The molecular weight excluding hydrogens is 318 g/mol. The topological polar surface area (TPSA) is 55.8 Å². The van der Waals surface area contributed by atoms with Gasteiger partial charge in [0.1, 0.15) is 11.2 Å². The molecule has 146 valence electrons. The van der Waals surface area contributed by atoms with Gasteiger partial charge in [0, 0.05) is 13.0 Å². The average Bonchev–Trinajstić information content (AvgIpc) is 2.92. The highest BCUT2D eigenvalue weighted by molar-refractivity contribution is 5.76. The summed E-state index contributed by atoms with van der Waals surface area (Å²) in [4.78, 5) is 26.8. The first-order valence-corrected chi connectivity index (χ1v) is 9.60. The van der Waals surface area contributed by atoms with Crippen molar-refractivity contribution in [1.82, 2.24) is 4.90 Å². The second-order valence-electron chi connectivity index (χ2n) is 8.90. The lowest BCUT2D eigenvalue weighted by Crippen LogP contribution is -2.47. The Morgan fingerprint density at radius 1 is 1.16 bits per heavy atom. The van der Waals surface area contributed by atoms with Crippen molar-refractivity contribution in [1.29, 1.82) is 0 Å². The van der Waals surface area contributed by atoms with Gasteiger partial charge in [-0.3, -0.25) is 4.79 Å². The molecule has 1 aliphatic rings. The Labute approximate surface area is 153 Å². The summed E-state index contributed by atoms with van der Waals surface area (Å²) in [6.07, 6.45) is 2.84. The van der Waals surface area contributed by atoms with E-state index in [1.807, 2.05) is 48.5 Å². The predicted octanol–water partition coefficient (Wildman–Crippen LogP) is 4.78. The lowest BCUT2D eigenvalue weighted by Gasteiger charge is -2.36. The van der Waals surface area contributed by atoms with Crippen molar-refractivity contribution in [2.45, 2.75) is 92.3 Å². The van der Waals surface area contributed by atoms with Crippen molar-refractivity contribution in [2.75, 3.05) is 13.1 Å². The minimum absolute atomic E-state index is 0.130. The number of hydrogen-bond donors (Lipinski definition) is 0. The molecule has 1 amide bonds. The minimum Gasteiger partial charge on any atom is -0.456 e. The van der Waals surface area contributed by atoms with Crippen LogP contribution >= 0.6 is 0 Å². The van der Waals surface area contributed by atoms with Crippen molar-refractivity contribution in [3.05, 3.63) is 0 Å². The minimum atomic E-state index is -0.628. The largest absolute Gasteiger partial charge is 0.456 e. The number of esters is 1. The summed E-state index contributed by atoms with van der Waals surface area (Å²) in [6, 6.07) is 0. The van der Waals surface area contributed by atoms with Crippen LogP contribution in [0.3, 0.4) is 0 Å². The fraction of sp³-hybridized carbons (Fsp3) is 0.900. The molecule has 0 bridgehead atoms. The molecule has 25 heavy (non-hydrogen) atoms. The second-order valence-corrected chi connectivity index (χ2v) is 8.90. The molecular formula is C20H37NO4. The van der Waals surface area contributed by atoms with Gasteiger partial charge in [-0.1, -0.05) is 34.1 Å². The number of rotatable bonds is 7. The lowest BCUT2D eigenvalue weighted by molar-refractivity contribution is -0.174. The fourth-order valence-corrected chi connectivity index (χ4v) is 3.05. The van der Waals surface area contributed by atoms with Crippen molar-refractivity contribution in [2.24, 2.45) is 11.3 Å². The Kier molecular flexibility index (Phi) is 6.94. The van der Waals surface area contributed by atoms with E-state index in [-0.39, 0.29) is 18.0 Å². The molecule has 1 rings (SSSR count). The second kappa shape index (κ2) is 7.96. The van der Waals surface area contributed by atoms with Gasteiger partial charge in [-0.2, -0.15) is 0 Å². The van der Waals surface area contributed by atoms with Gasteiger partial charge in [0.05, 0.1) is 12.0 Å². The summed E-state index contributed by atoms with van der Waals surface area (Å²) >= 11 is 0. The van der Waals surface area contributed by atoms with Gasteiger partial charge in [-0.25, -0.2) is 4.79 Å². The summed E-state index contributed by atoms with van der Waals surface area (Å²) < 4.78 is 11.7. The van der Waals surface area contributed by atoms with Crippen LogP contribution in [-0.4, -0.2) is 41.3 Å². The molecule has 1 fully saturated rings. The summed E-state index contributed by atoms with van der Waals surface area (Å²) in [5.74, 6) is -0.0595. The van der Waals surface area contributed by atoms with E-state index in [1.165, 1.54) is 0 Å². The zero-order chi connectivity index (χ0) is 19.5. The van der Waals surface area contributed by atoms with Gasteiger partial charge in [0.25, 0.3) is 0 Å². The van der Waals surface area contributed by atoms with E-state index in [1.54, 1.807) is 4.90 Å². The molecule has 0 aliphatic carbocycles. The smallest absolute Gasteiger partial charge is 0.410 e. The summed E-state index contributed by atoms with van der Waals surface area (Å²) in [5, 5.41) is 0. The standard InChI is InChI=1S/C20H37NO4/c1-9-11-19(7,8)25-17(23)21-13-12-20(14-21,15(3)4)24-16(22)18(5,6)10-2/h15H,9-14H2,1-8H3. The summed E-state index contributed by atoms with van der Waals surface area (Å²) in [6.45, 7) is 16.8. The third kappa shape index (κ3) is 5.35. The third-order valence-electron chi connectivity index (χ3n) is 5.52. The number of amides is 1. The van der Waals surface area contributed by atoms with Gasteiger partial charge in [0.2, 0.25) is 0 Å². The van der Waals surface area contributed by atoms with Crippen LogP contribution in [0.1, 0.15) is 81.1 Å². The first kappa shape index (κ1) is 21.8. The van der Waals surface area contributed by atoms with Crippen molar-refractivity contribution < 1.29 is 19.1 Å².